The highest BCUT2D eigenvalue weighted by atomic mass is 32.2. The number of hydrogen-bond donors (Lipinski definition) is 11. The van der Waals surface area contributed by atoms with Gasteiger partial charge >= 0.3 is 35.2 Å². The number of carbonyl (C=O) groups is 2. The molecule has 6 heterocycles. The van der Waals surface area contributed by atoms with E-state index in [9.17, 15) is 68.9 Å². The van der Waals surface area contributed by atoms with Crippen molar-refractivity contribution in [3.63, 3.8) is 0 Å². The summed E-state index contributed by atoms with van der Waals surface area (Å²) >= 11 is 0. The van der Waals surface area contributed by atoms with Gasteiger partial charge in [-0.3, -0.25) is 32.8 Å². The summed E-state index contributed by atoms with van der Waals surface area (Å²) < 4.78 is 139. The van der Waals surface area contributed by atoms with E-state index in [1.807, 2.05) is 25.2 Å². The molecule has 3 unspecified atom stereocenters. The third-order valence-corrected chi connectivity index (χ3v) is 21.2. The average Bonchev–Trinajstić information content (AvgIpc) is 1.72. The standard InChI is InChI=1S/C56H74N9O23P3S2/c1-10-65-40-29-41-37(28-36(40)33(2)30-55(65,6)7)34(26-44(84-41)54(3,4)5)16-12-11-13-17-43-56(8,38-27-35(93(80,81)82)19-20-39(38)63(43)24-15-25-92(77,78)79)21-14-18-45(66)58-22-23-59-53(69)86-48-42(31-83-90(73,74)88-91(75,76)87-89(70,71)72)85-51(47(48)67)64-32-62(9)46-49(64)60-52(57)61-50(46)68/h11-13,16-17,19-20,26-30,32,42,47-48,51,67H,10,14-15,18,21-25,31H2,1-9H3,(H9-2,57,58,59,60,61,66,68,69,70,71,72,73,74,75,76,77,78,79,80,81,82)/p+2/t42-,47-,48-,51-,56?/m1/s1. The summed E-state index contributed by atoms with van der Waals surface area (Å²) in [4.78, 5) is 85.6. The number of nitrogens with zero attached hydrogens (tertiary/aromatic N) is 5. The molecule has 7 atom stereocenters. The number of nitrogens with one attached hydrogen (secondary N) is 3. The SMILES string of the molecule is CCN1c2cc3c(cc2C(C)=CC1(C)C)C(=CC=CC=CC1=[N+](CCCS(=O)(=O)O)c2ccc(S(=O)(=O)O)cc2C1(C)CCCC(=O)NCCNC(=O)O[C@H]1[C@@H](O)[C@H]([n+]2cn(C)c4c(=O)[nH]c(N)nc42)O[C@@H]1COP(=O)(O)OP(=O)(O)OP(=O)(O)O)C=C(C(C)(C)C)O3. The summed E-state index contributed by atoms with van der Waals surface area (Å²) in [6.07, 6.45) is 6.38. The molecule has 0 saturated carbocycles. The average molecular weight is 1400 g/mol. The second-order valence-electron chi connectivity index (χ2n) is 24.2. The zero-order chi connectivity index (χ0) is 68.8. The van der Waals surface area contributed by atoms with Crippen molar-refractivity contribution in [2.24, 2.45) is 12.5 Å². The van der Waals surface area contributed by atoms with Crippen molar-refractivity contribution in [2.45, 2.75) is 121 Å². The number of aryl methyl sites for hydroxylation is 1. The Hall–Kier alpha value is -6.55. The number of amides is 2. The van der Waals surface area contributed by atoms with Crippen LogP contribution < -0.4 is 36.1 Å². The number of benzene rings is 2. The van der Waals surface area contributed by atoms with Gasteiger partial charge in [-0.25, -0.2) is 23.1 Å². The molecule has 4 aliphatic heterocycles. The molecule has 2 amide bonds. The minimum Gasteiger partial charge on any atom is -0.460 e. The lowest BCUT2D eigenvalue weighted by atomic mass is 9.75. The molecule has 4 aliphatic rings. The molecule has 2 aromatic carbocycles. The predicted molar refractivity (Wildman–Crippen MR) is 337 cm³/mol. The topological polar surface area (TPSA) is 462 Å². The van der Waals surface area contributed by atoms with E-state index in [1.165, 1.54) is 36.1 Å². The Labute approximate surface area is 535 Å². The van der Waals surface area contributed by atoms with Crippen LogP contribution in [-0.2, 0) is 73.8 Å². The van der Waals surface area contributed by atoms with E-state index in [-0.39, 0.29) is 73.4 Å². The number of aromatic nitrogens is 4. The maximum absolute atomic E-state index is 13.5. The number of carbonyl (C=O) groups excluding carboxylic acids is 2. The first-order valence-electron chi connectivity index (χ1n) is 28.9. The van der Waals surface area contributed by atoms with Crippen molar-refractivity contribution in [1.82, 2.24) is 25.2 Å². The predicted octanol–water partition coefficient (Wildman–Crippen LogP) is 5.24. The number of fused-ring (bicyclic) bond motifs is 4. The fraction of sp³-hybridized carbons (Fsp3) is 0.464. The van der Waals surface area contributed by atoms with Crippen LogP contribution in [0.2, 0.25) is 0 Å². The maximum Gasteiger partial charge on any atom is 0.490 e. The Balaban J connectivity index is 0.978. The molecule has 2 aromatic heterocycles. The van der Waals surface area contributed by atoms with Crippen LogP contribution in [0.4, 0.5) is 22.1 Å². The molecule has 1 fully saturated rings. The molecule has 0 aliphatic carbocycles. The van der Waals surface area contributed by atoms with Crippen molar-refractivity contribution in [3.8, 4) is 5.75 Å². The fourth-order valence-corrected chi connectivity index (χ4v) is 15.7. The van der Waals surface area contributed by atoms with Crippen molar-refractivity contribution in [3.05, 3.63) is 112 Å². The molecule has 4 aromatic rings. The van der Waals surface area contributed by atoms with E-state index in [2.05, 4.69) is 101 Å². The third-order valence-electron chi connectivity index (χ3n) is 15.7. The highest BCUT2D eigenvalue weighted by Gasteiger charge is 2.52. The summed E-state index contributed by atoms with van der Waals surface area (Å²) in [5, 5.41) is 16.6. The van der Waals surface area contributed by atoms with Crippen molar-refractivity contribution in [1.29, 1.82) is 0 Å². The van der Waals surface area contributed by atoms with Crippen LogP contribution in [0.25, 0.3) is 22.3 Å². The first-order valence-corrected chi connectivity index (χ1v) is 36.5. The molecular formula is C56H76N9O23P3S2+2. The Morgan fingerprint density at radius 3 is 2.31 bits per heavy atom. The minimum absolute atomic E-state index is 0.0351. The van der Waals surface area contributed by atoms with Crippen LogP contribution >= 0.6 is 23.5 Å². The van der Waals surface area contributed by atoms with Crippen molar-refractivity contribution < 1.29 is 110 Å². The Kier molecular flexibility index (Phi) is 21.2. The largest absolute Gasteiger partial charge is 0.490 e. The first-order chi connectivity index (χ1) is 43.0. The molecule has 8 rings (SSSR count). The number of phosphoric ester groups is 1. The normalized spacial score (nSPS) is 22.5. The van der Waals surface area contributed by atoms with Crippen LogP contribution in [0, 0.1) is 5.41 Å². The summed E-state index contributed by atoms with van der Waals surface area (Å²) in [6, 6.07) is 8.25. The number of aliphatic hydroxyl groups excluding tert-OH is 1. The van der Waals surface area contributed by atoms with E-state index in [0.29, 0.717) is 22.7 Å². The van der Waals surface area contributed by atoms with Gasteiger partial charge in [-0.1, -0.05) is 56.1 Å². The molecular weight excluding hydrogens is 1320 g/mol. The molecule has 32 nitrogen and oxygen atoms in total. The molecule has 508 valence electrons. The monoisotopic (exact) mass is 1400 g/mol. The van der Waals surface area contributed by atoms with Crippen LogP contribution in [-0.4, -0.2) is 150 Å². The molecule has 1 saturated heterocycles. The third kappa shape index (κ3) is 17.1. The fourth-order valence-electron chi connectivity index (χ4n) is 11.7. The van der Waals surface area contributed by atoms with Gasteiger partial charge in [-0.15, -0.1) is 0 Å². The molecule has 0 radical (unpaired) electrons. The molecule has 37 heteroatoms. The quantitative estimate of drug-likeness (QED) is 0.0133. The Morgan fingerprint density at radius 1 is 0.957 bits per heavy atom. The first kappa shape index (κ1) is 72.3. The number of nitrogens with two attached hydrogens (primary N) is 1. The van der Waals surface area contributed by atoms with Gasteiger partial charge in [-0.05, 0) is 82.9 Å². The van der Waals surface area contributed by atoms with Crippen LogP contribution in [0.1, 0.15) is 104 Å². The Morgan fingerprint density at radius 2 is 1.66 bits per heavy atom. The zero-order valence-electron chi connectivity index (χ0n) is 52.0. The van der Waals surface area contributed by atoms with E-state index in [4.69, 9.17) is 34.3 Å². The lowest BCUT2D eigenvalue weighted by Crippen LogP contribution is -2.47. The van der Waals surface area contributed by atoms with Crippen molar-refractivity contribution in [2.75, 3.05) is 49.2 Å². The lowest BCUT2D eigenvalue weighted by Gasteiger charge is -2.43. The number of nitrogen functional groups attached to an aromatic ring is 1. The molecule has 0 spiro atoms. The van der Waals surface area contributed by atoms with E-state index >= 15 is 0 Å². The number of ether oxygens (including phenoxy) is 3. The Bertz CT molecular complexity index is 4280. The van der Waals surface area contributed by atoms with Gasteiger partial charge in [0, 0.05) is 78.5 Å². The number of likely N-dealkylation sites (N-methyl/N-ethyl adjacent to an activating group) is 1. The summed E-state index contributed by atoms with van der Waals surface area (Å²) in [7, 11) is -25.3. The van der Waals surface area contributed by atoms with E-state index in [0.717, 1.165) is 44.8 Å². The number of allylic oxidation sites excluding steroid dienone is 9. The number of phosphoric acid groups is 3. The van der Waals surface area contributed by atoms with Crippen LogP contribution in [0.15, 0.2) is 94.6 Å². The van der Waals surface area contributed by atoms with E-state index in [1.54, 1.807) is 22.8 Å². The number of H-pyrrole nitrogens is 1. The maximum atomic E-state index is 13.5. The summed E-state index contributed by atoms with van der Waals surface area (Å²) in [6.45, 7) is 15.6. The smallest absolute Gasteiger partial charge is 0.460 e. The molecule has 93 heavy (non-hydrogen) atoms. The summed E-state index contributed by atoms with van der Waals surface area (Å²) in [5.41, 5.74) is 9.68. The van der Waals surface area contributed by atoms with Crippen LogP contribution in [0.3, 0.4) is 0 Å². The second-order valence-corrected chi connectivity index (χ2v) is 31.6. The number of aliphatic hydroxyl groups is 1. The summed E-state index contributed by atoms with van der Waals surface area (Å²) in [5.74, 6) is 0.00954. The number of anilines is 2. The lowest BCUT2D eigenvalue weighted by molar-refractivity contribution is -0.745. The van der Waals surface area contributed by atoms with E-state index < -0.39 is 108 Å². The van der Waals surface area contributed by atoms with Gasteiger partial charge in [0.25, 0.3) is 31.7 Å². The van der Waals surface area contributed by atoms with Gasteiger partial charge in [0.15, 0.2) is 24.2 Å². The number of imidazole rings is 1. The number of hydrogen-bond acceptors (Lipinski definition) is 20. The van der Waals surface area contributed by atoms with Gasteiger partial charge in [0.05, 0.1) is 35.3 Å². The highest BCUT2D eigenvalue weighted by Crippen LogP contribution is 2.66. The minimum atomic E-state index is -5.98. The highest BCUT2D eigenvalue weighted by molar-refractivity contribution is 7.86. The van der Waals surface area contributed by atoms with Crippen molar-refractivity contribution >= 4 is 101 Å². The number of rotatable bonds is 25. The number of aromatic amines is 1. The molecule has 12 N–H and O–H groups in total. The number of alkyl carbamates (subject to hydrolysis) is 1. The second kappa shape index (κ2) is 27.3. The molecule has 0 bridgehead atoms. The van der Waals surface area contributed by atoms with Gasteiger partial charge in [-0.2, -0.15) is 30.0 Å². The van der Waals surface area contributed by atoms with Gasteiger partial charge < -0.3 is 60.2 Å². The van der Waals surface area contributed by atoms with Gasteiger partial charge in [0.2, 0.25) is 23.3 Å². The van der Waals surface area contributed by atoms with Gasteiger partial charge in [0.1, 0.15) is 24.2 Å². The van der Waals surface area contributed by atoms with Crippen LogP contribution in [0.5, 0.6) is 5.75 Å². The zero-order valence-corrected chi connectivity index (χ0v) is 56.3.